The molecular formula is C12H16N4O2. The average molecular weight is 248 g/mol. The lowest BCUT2D eigenvalue weighted by Crippen LogP contribution is -2.27. The number of rotatable bonds is 7. The van der Waals surface area contributed by atoms with Crippen molar-refractivity contribution < 1.29 is 9.59 Å². The summed E-state index contributed by atoms with van der Waals surface area (Å²) in [5, 5.41) is 12.5. The minimum absolute atomic E-state index is 0.0260. The maximum atomic E-state index is 11.7. The van der Waals surface area contributed by atoms with Gasteiger partial charge in [0.1, 0.15) is 5.84 Å². The molecular weight excluding hydrogens is 232 g/mol. The van der Waals surface area contributed by atoms with Gasteiger partial charge in [-0.15, -0.1) is 0 Å². The van der Waals surface area contributed by atoms with Crippen molar-refractivity contribution in [3.8, 4) is 0 Å². The second kappa shape index (κ2) is 7.05. The van der Waals surface area contributed by atoms with E-state index < -0.39 is 0 Å². The first-order valence-corrected chi connectivity index (χ1v) is 5.55. The van der Waals surface area contributed by atoms with Crippen LogP contribution in [0.15, 0.2) is 24.3 Å². The highest BCUT2D eigenvalue weighted by Crippen LogP contribution is 2.03. The lowest BCUT2D eigenvalue weighted by Gasteiger charge is -2.05. The molecule has 0 unspecified atom stereocenters. The number of nitrogens with two attached hydrogens (primary N) is 1. The van der Waals surface area contributed by atoms with Gasteiger partial charge >= 0.3 is 0 Å². The Hall–Kier alpha value is -2.37. The molecule has 5 N–H and O–H groups in total. The fourth-order valence-electron chi connectivity index (χ4n) is 1.35. The number of nitrogen functional groups attached to an aromatic ring is 1. The Kier molecular flexibility index (Phi) is 5.37. The lowest BCUT2D eigenvalue weighted by molar-refractivity contribution is -0.109. The largest absolute Gasteiger partial charge is 0.384 e. The molecule has 6 nitrogen and oxygen atoms in total. The van der Waals surface area contributed by atoms with Gasteiger partial charge in [0.15, 0.2) is 0 Å². The molecule has 6 heteroatoms. The summed E-state index contributed by atoms with van der Waals surface area (Å²) in [5.41, 5.74) is 6.42. The second-order valence-corrected chi connectivity index (χ2v) is 3.67. The van der Waals surface area contributed by atoms with Gasteiger partial charge in [-0.25, -0.2) is 0 Å². The highest BCUT2D eigenvalue weighted by Gasteiger charge is 2.04. The van der Waals surface area contributed by atoms with Crippen molar-refractivity contribution in [3.63, 3.8) is 0 Å². The average Bonchev–Trinajstić information content (AvgIpc) is 2.38. The maximum Gasteiger partial charge on any atom is 0.251 e. The van der Waals surface area contributed by atoms with E-state index in [0.717, 1.165) is 0 Å². The number of nitrogens with one attached hydrogen (secondary N) is 3. The summed E-state index contributed by atoms with van der Waals surface area (Å²) in [5.74, 6) is -0.210. The number of amides is 2. The Bertz CT molecular complexity index is 428. The fourth-order valence-corrected chi connectivity index (χ4v) is 1.35. The predicted molar refractivity (Wildman–Crippen MR) is 68.5 cm³/mol. The minimum atomic E-state index is -0.184. The van der Waals surface area contributed by atoms with Crippen molar-refractivity contribution in [1.82, 2.24) is 10.6 Å². The van der Waals surface area contributed by atoms with Crippen molar-refractivity contribution in [1.29, 1.82) is 5.41 Å². The predicted octanol–water partition coefficient (Wildman–Crippen LogP) is -0.163. The van der Waals surface area contributed by atoms with E-state index in [9.17, 15) is 9.59 Å². The molecule has 0 atom stereocenters. The molecule has 1 aromatic rings. The SMILES string of the molecule is N=C(N)c1ccc(C(=O)NCCCNC=O)cc1. The second-order valence-electron chi connectivity index (χ2n) is 3.67. The number of carbonyl (C=O) groups excluding carboxylic acids is 2. The first-order valence-electron chi connectivity index (χ1n) is 5.55. The van der Waals surface area contributed by atoms with Gasteiger partial charge in [-0.1, -0.05) is 12.1 Å². The summed E-state index contributed by atoms with van der Waals surface area (Å²) in [6.07, 6.45) is 1.30. The standard InChI is InChI=1S/C12H16N4O2/c13-11(14)9-2-4-10(5-3-9)12(18)16-7-1-6-15-8-17/h2-5,8H,1,6-7H2,(H3,13,14)(H,15,17)(H,16,18). The monoisotopic (exact) mass is 248 g/mol. The molecule has 1 rings (SSSR count). The van der Waals surface area contributed by atoms with Gasteiger partial charge < -0.3 is 16.4 Å². The van der Waals surface area contributed by atoms with E-state index in [0.29, 0.717) is 37.0 Å². The Morgan fingerprint density at radius 1 is 1.22 bits per heavy atom. The van der Waals surface area contributed by atoms with E-state index >= 15 is 0 Å². The molecule has 0 fully saturated rings. The molecule has 0 spiro atoms. The van der Waals surface area contributed by atoms with Crippen LogP contribution in [-0.4, -0.2) is 31.2 Å². The van der Waals surface area contributed by atoms with Crippen LogP contribution in [0.5, 0.6) is 0 Å². The topological polar surface area (TPSA) is 108 Å². The highest BCUT2D eigenvalue weighted by molar-refractivity contribution is 5.98. The third-order valence-electron chi connectivity index (χ3n) is 2.32. The van der Waals surface area contributed by atoms with Crippen LogP contribution in [0.25, 0.3) is 0 Å². The van der Waals surface area contributed by atoms with E-state index in [2.05, 4.69) is 10.6 Å². The molecule has 0 bridgehead atoms. The zero-order chi connectivity index (χ0) is 13.4. The maximum absolute atomic E-state index is 11.7. The van der Waals surface area contributed by atoms with E-state index in [1.807, 2.05) is 0 Å². The van der Waals surface area contributed by atoms with Crippen LogP contribution in [0.2, 0.25) is 0 Å². The van der Waals surface area contributed by atoms with E-state index in [1.165, 1.54) is 0 Å². The van der Waals surface area contributed by atoms with E-state index in [1.54, 1.807) is 24.3 Å². The van der Waals surface area contributed by atoms with Crippen molar-refractivity contribution in [3.05, 3.63) is 35.4 Å². The van der Waals surface area contributed by atoms with Crippen molar-refractivity contribution in [2.24, 2.45) is 5.73 Å². The minimum Gasteiger partial charge on any atom is -0.384 e. The molecule has 0 heterocycles. The molecule has 0 aliphatic carbocycles. The number of amidine groups is 1. The van der Waals surface area contributed by atoms with Crippen molar-refractivity contribution in [2.75, 3.05) is 13.1 Å². The molecule has 18 heavy (non-hydrogen) atoms. The molecule has 1 aromatic carbocycles. The highest BCUT2D eigenvalue weighted by atomic mass is 16.1. The summed E-state index contributed by atoms with van der Waals surface area (Å²) in [6, 6.07) is 6.50. The normalized spacial score (nSPS) is 9.56. The first kappa shape index (κ1) is 13.7. The number of hydrogen-bond donors (Lipinski definition) is 4. The smallest absolute Gasteiger partial charge is 0.251 e. The van der Waals surface area contributed by atoms with Crippen LogP contribution >= 0.6 is 0 Å². The summed E-state index contributed by atoms with van der Waals surface area (Å²) in [4.78, 5) is 21.7. The zero-order valence-electron chi connectivity index (χ0n) is 9.90. The molecule has 0 saturated heterocycles. The van der Waals surface area contributed by atoms with E-state index in [-0.39, 0.29) is 11.7 Å². The molecule has 0 radical (unpaired) electrons. The third kappa shape index (κ3) is 4.25. The summed E-state index contributed by atoms with van der Waals surface area (Å²) in [6.45, 7) is 1.03. The van der Waals surface area contributed by atoms with Crippen LogP contribution in [0.1, 0.15) is 22.3 Å². The molecule has 0 aliphatic rings. The van der Waals surface area contributed by atoms with E-state index in [4.69, 9.17) is 11.1 Å². The summed E-state index contributed by atoms with van der Waals surface area (Å²) < 4.78 is 0. The lowest BCUT2D eigenvalue weighted by atomic mass is 10.1. The van der Waals surface area contributed by atoms with Gasteiger partial charge in [-0.05, 0) is 18.6 Å². The molecule has 2 amide bonds. The van der Waals surface area contributed by atoms with Crippen LogP contribution in [-0.2, 0) is 4.79 Å². The number of hydrogen-bond acceptors (Lipinski definition) is 3. The Morgan fingerprint density at radius 2 is 1.83 bits per heavy atom. The molecule has 0 aliphatic heterocycles. The van der Waals surface area contributed by atoms with Crippen LogP contribution in [0.3, 0.4) is 0 Å². The zero-order valence-corrected chi connectivity index (χ0v) is 9.90. The fraction of sp³-hybridized carbons (Fsp3) is 0.250. The Balaban J connectivity index is 2.41. The van der Waals surface area contributed by atoms with Gasteiger partial charge in [-0.2, -0.15) is 0 Å². The Morgan fingerprint density at radius 3 is 2.39 bits per heavy atom. The molecule has 96 valence electrons. The summed E-state index contributed by atoms with van der Waals surface area (Å²) >= 11 is 0. The van der Waals surface area contributed by atoms with Gasteiger partial charge in [0.05, 0.1) is 0 Å². The van der Waals surface area contributed by atoms with Crippen LogP contribution < -0.4 is 16.4 Å². The number of benzene rings is 1. The van der Waals surface area contributed by atoms with Crippen molar-refractivity contribution in [2.45, 2.75) is 6.42 Å². The summed E-state index contributed by atoms with van der Waals surface area (Å²) in [7, 11) is 0. The molecule has 0 saturated carbocycles. The van der Waals surface area contributed by atoms with Gasteiger partial charge in [0.25, 0.3) is 5.91 Å². The quantitative estimate of drug-likeness (QED) is 0.233. The van der Waals surface area contributed by atoms with Crippen LogP contribution in [0.4, 0.5) is 0 Å². The first-order chi connectivity index (χ1) is 8.65. The van der Waals surface area contributed by atoms with Gasteiger partial charge in [0, 0.05) is 24.2 Å². The van der Waals surface area contributed by atoms with Crippen LogP contribution in [0, 0.1) is 5.41 Å². The Labute approximate surface area is 105 Å². The van der Waals surface area contributed by atoms with Crippen molar-refractivity contribution >= 4 is 18.2 Å². The van der Waals surface area contributed by atoms with Gasteiger partial charge in [-0.3, -0.25) is 15.0 Å². The third-order valence-corrected chi connectivity index (χ3v) is 2.32. The number of carbonyl (C=O) groups is 2. The van der Waals surface area contributed by atoms with Gasteiger partial charge in [0.2, 0.25) is 6.41 Å². The molecule has 0 aromatic heterocycles.